The van der Waals surface area contributed by atoms with Crippen LogP contribution in [0.1, 0.15) is 18.1 Å². The van der Waals surface area contributed by atoms with Crippen LogP contribution in [0, 0.1) is 0 Å². The Balaban J connectivity index is 1.71. The summed E-state index contributed by atoms with van der Waals surface area (Å²) in [5.74, 6) is 0.896. The van der Waals surface area contributed by atoms with E-state index in [1.54, 1.807) is 34.4 Å². The van der Waals surface area contributed by atoms with Gasteiger partial charge in [-0.15, -0.1) is 0 Å². The first-order valence-electron chi connectivity index (χ1n) is 8.24. The van der Waals surface area contributed by atoms with Crippen LogP contribution in [0.5, 0.6) is 5.88 Å². The zero-order valence-electron chi connectivity index (χ0n) is 14.2. The van der Waals surface area contributed by atoms with E-state index in [-0.39, 0.29) is 23.2 Å². The molecule has 8 heteroatoms. The van der Waals surface area contributed by atoms with Crippen LogP contribution in [0.4, 0.5) is 19.0 Å². The first-order valence-corrected chi connectivity index (χ1v) is 8.24. The Morgan fingerprint density at radius 3 is 2.59 bits per heavy atom. The molecule has 0 amide bonds. The summed E-state index contributed by atoms with van der Waals surface area (Å²) in [6, 6.07) is 10.1. The SMILES string of the molecule is CC1C=C2N=C(c3ccccc3C(F)(F)F)C=CN2N1c1cccc(O)n1. The molecule has 1 atom stereocenters. The first-order chi connectivity index (χ1) is 12.8. The Hall–Kier alpha value is -3.29. The lowest BCUT2D eigenvalue weighted by Crippen LogP contribution is -2.39. The molecule has 1 aromatic carbocycles. The molecule has 138 valence electrons. The largest absolute Gasteiger partial charge is 0.493 e. The van der Waals surface area contributed by atoms with Crippen LogP contribution in [-0.2, 0) is 6.18 Å². The van der Waals surface area contributed by atoms with Gasteiger partial charge in [0.05, 0.1) is 17.3 Å². The third kappa shape index (κ3) is 3.03. The van der Waals surface area contributed by atoms with Crippen molar-refractivity contribution in [3.8, 4) is 5.88 Å². The zero-order chi connectivity index (χ0) is 19.2. The molecule has 0 spiro atoms. The smallest absolute Gasteiger partial charge is 0.417 e. The van der Waals surface area contributed by atoms with E-state index in [1.165, 1.54) is 24.3 Å². The van der Waals surface area contributed by atoms with E-state index in [2.05, 4.69) is 9.98 Å². The molecule has 5 nitrogen and oxygen atoms in total. The number of pyridine rings is 1. The van der Waals surface area contributed by atoms with Crippen LogP contribution in [-0.4, -0.2) is 26.9 Å². The Morgan fingerprint density at radius 2 is 1.85 bits per heavy atom. The third-order valence-corrected chi connectivity index (χ3v) is 4.31. The molecule has 1 unspecified atom stereocenters. The fraction of sp³-hybridized carbons (Fsp3) is 0.158. The number of alkyl halides is 3. The number of hydrogen-bond donors (Lipinski definition) is 1. The number of benzene rings is 1. The predicted molar refractivity (Wildman–Crippen MR) is 94.9 cm³/mol. The number of aliphatic imine (C=N–C) groups is 1. The summed E-state index contributed by atoms with van der Waals surface area (Å²) in [4.78, 5) is 8.52. The van der Waals surface area contributed by atoms with Crippen molar-refractivity contribution < 1.29 is 18.3 Å². The van der Waals surface area contributed by atoms with Crippen molar-refractivity contribution in [1.82, 2.24) is 9.99 Å². The summed E-state index contributed by atoms with van der Waals surface area (Å²) in [6.07, 6.45) is 0.552. The maximum absolute atomic E-state index is 13.3. The Bertz CT molecular complexity index is 981. The minimum absolute atomic E-state index is 0.0309. The highest BCUT2D eigenvalue weighted by molar-refractivity contribution is 6.10. The van der Waals surface area contributed by atoms with Gasteiger partial charge in [-0.2, -0.15) is 18.2 Å². The second-order valence-electron chi connectivity index (χ2n) is 6.16. The molecule has 1 aromatic heterocycles. The minimum atomic E-state index is -4.46. The summed E-state index contributed by atoms with van der Waals surface area (Å²) in [5, 5.41) is 13.1. The normalized spacial score (nSPS) is 19.0. The van der Waals surface area contributed by atoms with E-state index in [1.807, 2.05) is 13.0 Å². The maximum Gasteiger partial charge on any atom is 0.417 e. The topological polar surface area (TPSA) is 52.0 Å². The molecule has 0 saturated carbocycles. The van der Waals surface area contributed by atoms with Crippen LogP contribution in [0.15, 0.2) is 71.6 Å². The minimum Gasteiger partial charge on any atom is -0.493 e. The molecule has 4 rings (SSSR count). The maximum atomic E-state index is 13.3. The number of aromatic nitrogens is 1. The van der Waals surface area contributed by atoms with Crippen LogP contribution in [0.2, 0.25) is 0 Å². The van der Waals surface area contributed by atoms with E-state index >= 15 is 0 Å². The van der Waals surface area contributed by atoms with Gasteiger partial charge in [-0.05, 0) is 31.2 Å². The number of rotatable bonds is 2. The van der Waals surface area contributed by atoms with E-state index in [0.29, 0.717) is 11.6 Å². The molecule has 0 radical (unpaired) electrons. The summed E-state index contributed by atoms with van der Waals surface area (Å²) in [7, 11) is 0. The zero-order valence-corrected chi connectivity index (χ0v) is 14.2. The number of nitrogens with zero attached hydrogens (tertiary/aromatic N) is 4. The van der Waals surface area contributed by atoms with Crippen molar-refractivity contribution >= 4 is 11.5 Å². The Labute approximate surface area is 153 Å². The van der Waals surface area contributed by atoms with Gasteiger partial charge in [0.25, 0.3) is 0 Å². The summed E-state index contributed by atoms with van der Waals surface area (Å²) >= 11 is 0. The first kappa shape index (κ1) is 17.1. The van der Waals surface area contributed by atoms with Crippen molar-refractivity contribution in [3.63, 3.8) is 0 Å². The second kappa shape index (κ2) is 6.15. The number of halogens is 3. The van der Waals surface area contributed by atoms with Crippen LogP contribution in [0.3, 0.4) is 0 Å². The van der Waals surface area contributed by atoms with Gasteiger partial charge in [-0.1, -0.05) is 24.3 Å². The fourth-order valence-electron chi connectivity index (χ4n) is 3.17. The van der Waals surface area contributed by atoms with E-state index in [0.717, 1.165) is 6.07 Å². The van der Waals surface area contributed by atoms with Crippen LogP contribution < -0.4 is 5.01 Å². The predicted octanol–water partition coefficient (Wildman–Crippen LogP) is 4.09. The van der Waals surface area contributed by atoms with E-state index in [4.69, 9.17) is 0 Å². The highest BCUT2D eigenvalue weighted by Gasteiger charge is 2.36. The molecule has 27 heavy (non-hydrogen) atoms. The quantitative estimate of drug-likeness (QED) is 0.863. The van der Waals surface area contributed by atoms with Gasteiger partial charge in [-0.3, -0.25) is 5.01 Å². The third-order valence-electron chi connectivity index (χ3n) is 4.31. The molecule has 0 bridgehead atoms. The second-order valence-corrected chi connectivity index (χ2v) is 6.16. The Morgan fingerprint density at radius 1 is 1.07 bits per heavy atom. The van der Waals surface area contributed by atoms with Crippen molar-refractivity contribution in [2.75, 3.05) is 5.01 Å². The van der Waals surface area contributed by atoms with Gasteiger partial charge in [0, 0.05) is 17.8 Å². The lowest BCUT2D eigenvalue weighted by atomic mass is 10.0. The highest BCUT2D eigenvalue weighted by Crippen LogP contribution is 2.35. The van der Waals surface area contributed by atoms with Gasteiger partial charge in [-0.25, -0.2) is 10.0 Å². The van der Waals surface area contributed by atoms with Crippen molar-refractivity contribution in [3.05, 3.63) is 77.8 Å². The van der Waals surface area contributed by atoms with Gasteiger partial charge >= 0.3 is 6.18 Å². The van der Waals surface area contributed by atoms with Gasteiger partial charge in [0.15, 0.2) is 5.82 Å². The lowest BCUT2D eigenvalue weighted by Gasteiger charge is -2.33. The lowest BCUT2D eigenvalue weighted by molar-refractivity contribution is -0.137. The highest BCUT2D eigenvalue weighted by atomic mass is 19.4. The molecule has 0 fully saturated rings. The van der Waals surface area contributed by atoms with Crippen molar-refractivity contribution in [1.29, 1.82) is 0 Å². The van der Waals surface area contributed by atoms with Crippen LogP contribution in [0.25, 0.3) is 0 Å². The fourth-order valence-corrected chi connectivity index (χ4v) is 3.17. The number of allylic oxidation sites excluding steroid dienone is 1. The summed E-state index contributed by atoms with van der Waals surface area (Å²) in [6.45, 7) is 1.91. The van der Waals surface area contributed by atoms with E-state index < -0.39 is 11.7 Å². The molecule has 0 aliphatic carbocycles. The summed E-state index contributed by atoms with van der Waals surface area (Å²) < 4.78 is 39.9. The average molecular weight is 372 g/mol. The number of aromatic hydroxyl groups is 1. The van der Waals surface area contributed by atoms with Gasteiger partial charge in [0.2, 0.25) is 5.88 Å². The molecule has 2 aliphatic heterocycles. The molecule has 3 heterocycles. The molecular formula is C19H15F3N4O. The number of hydrogen-bond acceptors (Lipinski definition) is 5. The van der Waals surface area contributed by atoms with Crippen molar-refractivity contribution in [2.24, 2.45) is 4.99 Å². The molecule has 2 aliphatic rings. The number of hydrazine groups is 1. The number of anilines is 1. The number of fused-ring (bicyclic) bond motifs is 1. The molecular weight excluding hydrogens is 357 g/mol. The van der Waals surface area contributed by atoms with E-state index in [9.17, 15) is 18.3 Å². The monoisotopic (exact) mass is 372 g/mol. The Kier molecular flexibility index (Phi) is 3.91. The van der Waals surface area contributed by atoms with Gasteiger partial charge in [0.1, 0.15) is 5.82 Å². The standard InChI is InChI=1S/C19H15F3N4O/c1-12-11-17-23-15(13-5-2-3-6-14(13)19(20,21)22)9-10-25(17)26(12)16-7-4-8-18(27)24-16/h2-12H,1H3,(H,24,27). The molecule has 1 N–H and O–H groups in total. The van der Waals surface area contributed by atoms with Crippen molar-refractivity contribution in [2.45, 2.75) is 19.1 Å². The molecule has 0 saturated heterocycles. The summed E-state index contributed by atoms with van der Waals surface area (Å²) in [5.41, 5.74) is -0.452. The van der Waals surface area contributed by atoms with Crippen LogP contribution >= 0.6 is 0 Å². The molecule has 2 aromatic rings. The van der Waals surface area contributed by atoms with Gasteiger partial charge < -0.3 is 5.11 Å². The average Bonchev–Trinajstić information content (AvgIpc) is 2.96.